The second-order valence-electron chi connectivity index (χ2n) is 1.87. The maximum Gasteiger partial charge on any atom is 0.0596 e. The number of nitrogen functional groups attached to an aromatic ring is 1. The van der Waals surface area contributed by atoms with Gasteiger partial charge in [-0.3, -0.25) is 0 Å². The van der Waals surface area contributed by atoms with Gasteiger partial charge in [-0.15, -0.1) is 37.9 Å². The number of hydrogen-bond donors (Lipinski definition) is 4. The van der Waals surface area contributed by atoms with Gasteiger partial charge < -0.3 is 5.73 Å². The predicted molar refractivity (Wildman–Crippen MR) is 52.6 cm³/mol. The van der Waals surface area contributed by atoms with Crippen LogP contribution in [0.5, 0.6) is 0 Å². The second-order valence-corrected chi connectivity index (χ2v) is 3.28. The van der Waals surface area contributed by atoms with Gasteiger partial charge in [0, 0.05) is 14.7 Å². The highest BCUT2D eigenvalue weighted by atomic mass is 32.1. The third kappa shape index (κ3) is 1.38. The van der Waals surface area contributed by atoms with Crippen molar-refractivity contribution in [1.82, 2.24) is 0 Å². The van der Waals surface area contributed by atoms with Crippen molar-refractivity contribution in [2.45, 2.75) is 14.7 Å². The molecule has 0 aliphatic rings. The molecule has 0 heterocycles. The molecule has 0 saturated carbocycles. The molecular weight excluding hydrogens is 182 g/mol. The monoisotopic (exact) mass is 189 g/mol. The molecule has 4 heteroatoms. The van der Waals surface area contributed by atoms with E-state index >= 15 is 0 Å². The van der Waals surface area contributed by atoms with Crippen LogP contribution in [0.3, 0.4) is 0 Å². The van der Waals surface area contributed by atoms with Crippen LogP contribution in [0.4, 0.5) is 5.69 Å². The van der Waals surface area contributed by atoms with E-state index in [1.54, 1.807) is 6.07 Å². The van der Waals surface area contributed by atoms with Gasteiger partial charge in [-0.1, -0.05) is 0 Å². The normalized spacial score (nSPS) is 9.90. The lowest BCUT2D eigenvalue weighted by Crippen LogP contribution is -1.89. The smallest absolute Gasteiger partial charge is 0.0596 e. The van der Waals surface area contributed by atoms with Gasteiger partial charge in [0.15, 0.2) is 0 Å². The van der Waals surface area contributed by atoms with E-state index in [2.05, 4.69) is 37.9 Å². The van der Waals surface area contributed by atoms with Crippen molar-refractivity contribution in [1.29, 1.82) is 0 Å². The van der Waals surface area contributed by atoms with Gasteiger partial charge in [-0.25, -0.2) is 0 Å². The summed E-state index contributed by atoms with van der Waals surface area (Å²) in [7, 11) is 0. The first kappa shape index (κ1) is 8.17. The lowest BCUT2D eigenvalue weighted by molar-refractivity contribution is 1.22. The summed E-state index contributed by atoms with van der Waals surface area (Å²) in [6, 6.07) is 3.60. The fourth-order valence-corrected chi connectivity index (χ4v) is 1.25. The van der Waals surface area contributed by atoms with Gasteiger partial charge >= 0.3 is 0 Å². The van der Waals surface area contributed by atoms with Gasteiger partial charge in [0.05, 0.1) is 5.69 Å². The Morgan fingerprint density at radius 2 is 1.50 bits per heavy atom. The molecule has 1 rings (SSSR count). The first-order chi connectivity index (χ1) is 4.63. The molecule has 2 N–H and O–H groups in total. The van der Waals surface area contributed by atoms with E-state index in [9.17, 15) is 0 Å². The molecule has 1 nitrogen and oxygen atoms in total. The molecule has 0 bridgehead atoms. The van der Waals surface area contributed by atoms with Crippen LogP contribution in [0.2, 0.25) is 0 Å². The molecule has 0 radical (unpaired) electrons. The molecule has 0 aliphatic heterocycles. The van der Waals surface area contributed by atoms with Crippen molar-refractivity contribution < 1.29 is 0 Å². The van der Waals surface area contributed by atoms with E-state index in [4.69, 9.17) is 5.73 Å². The zero-order valence-electron chi connectivity index (χ0n) is 5.07. The first-order valence-corrected chi connectivity index (χ1v) is 3.96. The molecule has 0 fully saturated rings. The summed E-state index contributed by atoms with van der Waals surface area (Å²) < 4.78 is 0. The van der Waals surface area contributed by atoms with Crippen LogP contribution in [0.1, 0.15) is 0 Å². The van der Waals surface area contributed by atoms with Crippen LogP contribution in [-0.2, 0) is 0 Å². The minimum atomic E-state index is 0.583. The van der Waals surface area contributed by atoms with Crippen LogP contribution in [0.25, 0.3) is 0 Å². The Kier molecular flexibility index (Phi) is 2.44. The topological polar surface area (TPSA) is 26.0 Å². The molecular formula is C6H7NS3. The Morgan fingerprint density at radius 3 is 2.00 bits per heavy atom. The van der Waals surface area contributed by atoms with Crippen LogP contribution >= 0.6 is 37.9 Å². The summed E-state index contributed by atoms with van der Waals surface area (Å²) in [6.07, 6.45) is 0. The molecule has 0 amide bonds. The predicted octanol–water partition coefficient (Wildman–Crippen LogP) is 2.13. The average molecular weight is 189 g/mol. The number of benzene rings is 1. The molecule has 0 aliphatic carbocycles. The molecule has 0 saturated heterocycles. The van der Waals surface area contributed by atoms with Gasteiger partial charge in [-0.05, 0) is 12.1 Å². The maximum absolute atomic E-state index is 5.58. The molecule has 10 heavy (non-hydrogen) atoms. The maximum atomic E-state index is 5.58. The van der Waals surface area contributed by atoms with E-state index in [0.717, 1.165) is 9.79 Å². The molecule has 54 valence electrons. The number of anilines is 1. The quantitative estimate of drug-likeness (QED) is 0.365. The summed E-state index contributed by atoms with van der Waals surface area (Å²) in [5.41, 5.74) is 6.16. The number of thiol groups is 3. The van der Waals surface area contributed by atoms with E-state index in [-0.39, 0.29) is 0 Å². The average Bonchev–Trinajstić information content (AvgIpc) is 1.93. The van der Waals surface area contributed by atoms with E-state index < -0.39 is 0 Å². The standard InChI is InChI=1S/C6H7NS3/c7-5-3(8)1-2-4(9)6(5)10/h1-2,8-10H,7H2. The summed E-state index contributed by atoms with van der Waals surface area (Å²) in [4.78, 5) is 2.21. The van der Waals surface area contributed by atoms with Gasteiger partial charge in [-0.2, -0.15) is 0 Å². The van der Waals surface area contributed by atoms with E-state index in [0.29, 0.717) is 10.6 Å². The van der Waals surface area contributed by atoms with E-state index in [1.807, 2.05) is 6.07 Å². The van der Waals surface area contributed by atoms with Crippen LogP contribution < -0.4 is 5.73 Å². The van der Waals surface area contributed by atoms with Gasteiger partial charge in [0.1, 0.15) is 0 Å². The van der Waals surface area contributed by atoms with Crippen molar-refractivity contribution in [2.24, 2.45) is 0 Å². The SMILES string of the molecule is Nc1c(S)ccc(S)c1S. The Morgan fingerprint density at radius 1 is 1.00 bits per heavy atom. The highest BCUT2D eigenvalue weighted by Gasteiger charge is 2.01. The third-order valence-electron chi connectivity index (χ3n) is 1.17. The lowest BCUT2D eigenvalue weighted by atomic mass is 10.3. The number of hydrogen-bond acceptors (Lipinski definition) is 4. The van der Waals surface area contributed by atoms with E-state index in [1.165, 1.54) is 0 Å². The summed E-state index contributed by atoms with van der Waals surface area (Å²) in [5.74, 6) is 0. The number of rotatable bonds is 0. The van der Waals surface area contributed by atoms with Gasteiger partial charge in [0.25, 0.3) is 0 Å². The van der Waals surface area contributed by atoms with Crippen molar-refractivity contribution >= 4 is 43.6 Å². The van der Waals surface area contributed by atoms with Gasteiger partial charge in [0.2, 0.25) is 0 Å². The van der Waals surface area contributed by atoms with Crippen molar-refractivity contribution in [3.8, 4) is 0 Å². The molecule has 0 atom stereocenters. The van der Waals surface area contributed by atoms with Crippen LogP contribution in [0, 0.1) is 0 Å². The first-order valence-electron chi connectivity index (χ1n) is 2.62. The molecule has 0 unspecified atom stereocenters. The summed E-state index contributed by atoms with van der Waals surface area (Å²) in [5, 5.41) is 0. The molecule has 0 aromatic heterocycles. The minimum Gasteiger partial charge on any atom is -0.397 e. The van der Waals surface area contributed by atoms with Crippen molar-refractivity contribution in [3.05, 3.63) is 12.1 Å². The van der Waals surface area contributed by atoms with Crippen molar-refractivity contribution in [3.63, 3.8) is 0 Å². The van der Waals surface area contributed by atoms with Crippen molar-refractivity contribution in [2.75, 3.05) is 5.73 Å². The fraction of sp³-hybridized carbons (Fsp3) is 0. The molecule has 0 spiro atoms. The zero-order valence-corrected chi connectivity index (χ0v) is 7.76. The molecule has 1 aromatic carbocycles. The highest BCUT2D eigenvalue weighted by Crippen LogP contribution is 2.29. The Balaban J connectivity index is 3.34. The second kappa shape index (κ2) is 2.98. The Labute approximate surface area is 76.2 Å². The lowest BCUT2D eigenvalue weighted by Gasteiger charge is -2.03. The zero-order chi connectivity index (χ0) is 7.72. The largest absolute Gasteiger partial charge is 0.397 e. The Bertz CT molecular complexity index is 232. The van der Waals surface area contributed by atoms with Crippen LogP contribution in [0.15, 0.2) is 26.8 Å². The third-order valence-corrected chi connectivity index (χ3v) is 2.59. The Hall–Kier alpha value is 0.0700. The summed E-state index contributed by atoms with van der Waals surface area (Å²) >= 11 is 12.4. The minimum absolute atomic E-state index is 0.583. The number of nitrogens with two attached hydrogens (primary N) is 1. The van der Waals surface area contributed by atoms with Crippen LogP contribution in [-0.4, -0.2) is 0 Å². The molecule has 1 aromatic rings. The fourth-order valence-electron chi connectivity index (χ4n) is 0.586. The summed E-state index contributed by atoms with van der Waals surface area (Å²) in [6.45, 7) is 0. The highest BCUT2D eigenvalue weighted by molar-refractivity contribution is 7.84.